The van der Waals surface area contributed by atoms with E-state index < -0.39 is 0 Å². The number of carbonyl (C=O) groups excluding carboxylic acids is 1. The Balaban J connectivity index is 0.00000529. The maximum absolute atomic E-state index is 11.8. The summed E-state index contributed by atoms with van der Waals surface area (Å²) < 4.78 is 5.52. The molecular formula is C17H29IN4O2. The number of halogens is 1. The van der Waals surface area contributed by atoms with Gasteiger partial charge in [0.1, 0.15) is 0 Å². The fourth-order valence-corrected chi connectivity index (χ4v) is 1.77. The Kier molecular flexibility index (Phi) is 13.2. The van der Waals surface area contributed by atoms with Crippen molar-refractivity contribution in [1.29, 1.82) is 0 Å². The summed E-state index contributed by atoms with van der Waals surface area (Å²) in [5.74, 6) is 1.12. The predicted octanol–water partition coefficient (Wildman–Crippen LogP) is 2.47. The standard InChI is InChI=1S/C17H28N4O2.HI/c1-14(2)9-11-23-12-10-19-17(18-3)20-13-16(22)21-15-7-5-4-6-8-15;/h4-8,14H,9-13H2,1-3H3,(H,21,22)(H2,18,19,20);1H. The van der Waals surface area contributed by atoms with Crippen LogP contribution in [0, 0.1) is 5.92 Å². The molecule has 0 bridgehead atoms. The molecule has 1 aromatic carbocycles. The molecule has 0 fully saturated rings. The molecule has 0 aliphatic rings. The highest BCUT2D eigenvalue weighted by molar-refractivity contribution is 14.0. The van der Waals surface area contributed by atoms with E-state index in [1.165, 1.54) is 0 Å². The summed E-state index contributed by atoms with van der Waals surface area (Å²) in [6.45, 7) is 6.54. The van der Waals surface area contributed by atoms with Crippen molar-refractivity contribution >= 4 is 41.5 Å². The lowest BCUT2D eigenvalue weighted by molar-refractivity contribution is -0.115. The van der Waals surface area contributed by atoms with E-state index in [0.29, 0.717) is 25.0 Å². The SMILES string of the molecule is CN=C(NCCOCCC(C)C)NCC(=O)Nc1ccccc1.I. The zero-order valence-corrected chi connectivity index (χ0v) is 17.0. The predicted molar refractivity (Wildman–Crippen MR) is 110 cm³/mol. The number of carbonyl (C=O) groups is 1. The van der Waals surface area contributed by atoms with Crippen LogP contribution >= 0.6 is 24.0 Å². The van der Waals surface area contributed by atoms with Gasteiger partial charge in [-0.2, -0.15) is 0 Å². The molecule has 0 atom stereocenters. The van der Waals surface area contributed by atoms with Gasteiger partial charge in [0.25, 0.3) is 0 Å². The summed E-state index contributed by atoms with van der Waals surface area (Å²) in [5, 5.41) is 8.89. The van der Waals surface area contributed by atoms with Gasteiger partial charge < -0.3 is 20.7 Å². The van der Waals surface area contributed by atoms with E-state index in [4.69, 9.17) is 4.74 Å². The number of nitrogens with one attached hydrogen (secondary N) is 3. The van der Waals surface area contributed by atoms with Gasteiger partial charge >= 0.3 is 0 Å². The maximum Gasteiger partial charge on any atom is 0.243 e. The van der Waals surface area contributed by atoms with Gasteiger partial charge in [0.05, 0.1) is 13.2 Å². The summed E-state index contributed by atoms with van der Waals surface area (Å²) in [6, 6.07) is 9.35. The number of hydrogen-bond acceptors (Lipinski definition) is 3. The highest BCUT2D eigenvalue weighted by Gasteiger charge is 2.03. The molecule has 6 nitrogen and oxygen atoms in total. The Labute approximate surface area is 161 Å². The van der Waals surface area contributed by atoms with Crippen molar-refractivity contribution < 1.29 is 9.53 Å². The number of rotatable bonds is 9. The number of anilines is 1. The normalized spacial score (nSPS) is 10.9. The van der Waals surface area contributed by atoms with E-state index in [1.807, 2.05) is 30.3 Å². The smallest absolute Gasteiger partial charge is 0.243 e. The van der Waals surface area contributed by atoms with Crippen LogP contribution in [0.4, 0.5) is 5.69 Å². The molecule has 1 aromatic rings. The minimum atomic E-state index is -0.118. The molecule has 0 radical (unpaired) electrons. The van der Waals surface area contributed by atoms with Gasteiger partial charge in [0.15, 0.2) is 5.96 Å². The second kappa shape index (κ2) is 14.0. The van der Waals surface area contributed by atoms with Crippen molar-refractivity contribution in [1.82, 2.24) is 10.6 Å². The van der Waals surface area contributed by atoms with Gasteiger partial charge in [-0.15, -0.1) is 24.0 Å². The largest absolute Gasteiger partial charge is 0.380 e. The van der Waals surface area contributed by atoms with Gasteiger partial charge in [-0.25, -0.2) is 0 Å². The van der Waals surface area contributed by atoms with Gasteiger partial charge in [-0.3, -0.25) is 9.79 Å². The summed E-state index contributed by atoms with van der Waals surface area (Å²) in [6.07, 6.45) is 1.06. The number of nitrogens with zero attached hydrogens (tertiary/aromatic N) is 1. The van der Waals surface area contributed by atoms with Crippen molar-refractivity contribution in [3.63, 3.8) is 0 Å². The molecule has 0 unspecified atom stereocenters. The molecule has 24 heavy (non-hydrogen) atoms. The topological polar surface area (TPSA) is 74.8 Å². The van der Waals surface area contributed by atoms with Crippen LogP contribution < -0.4 is 16.0 Å². The first-order valence-electron chi connectivity index (χ1n) is 7.99. The number of guanidine groups is 1. The molecule has 0 aromatic heterocycles. The second-order valence-electron chi connectivity index (χ2n) is 5.56. The highest BCUT2D eigenvalue weighted by Crippen LogP contribution is 2.03. The monoisotopic (exact) mass is 448 g/mol. The van der Waals surface area contributed by atoms with E-state index in [1.54, 1.807) is 7.05 Å². The summed E-state index contributed by atoms with van der Waals surface area (Å²) in [7, 11) is 1.67. The van der Waals surface area contributed by atoms with Crippen molar-refractivity contribution in [2.45, 2.75) is 20.3 Å². The lowest BCUT2D eigenvalue weighted by Gasteiger charge is -2.12. The molecule has 0 spiro atoms. The van der Waals surface area contributed by atoms with Crippen LogP contribution in [0.1, 0.15) is 20.3 Å². The van der Waals surface area contributed by atoms with E-state index >= 15 is 0 Å². The molecular weight excluding hydrogens is 419 g/mol. The maximum atomic E-state index is 11.8. The van der Waals surface area contributed by atoms with Gasteiger partial charge in [-0.1, -0.05) is 32.0 Å². The van der Waals surface area contributed by atoms with Gasteiger partial charge in [-0.05, 0) is 24.5 Å². The molecule has 7 heteroatoms. The summed E-state index contributed by atoms with van der Waals surface area (Å²) >= 11 is 0. The number of benzene rings is 1. The third-order valence-electron chi connectivity index (χ3n) is 3.08. The van der Waals surface area contributed by atoms with Crippen LogP contribution in [0.2, 0.25) is 0 Å². The highest BCUT2D eigenvalue weighted by atomic mass is 127. The number of ether oxygens (including phenoxy) is 1. The lowest BCUT2D eigenvalue weighted by atomic mass is 10.1. The Hall–Kier alpha value is -1.35. The Morgan fingerprint density at radius 2 is 1.88 bits per heavy atom. The Morgan fingerprint density at radius 3 is 2.50 bits per heavy atom. The molecule has 0 heterocycles. The van der Waals surface area contributed by atoms with Crippen molar-refractivity contribution in [2.75, 3.05) is 38.7 Å². The minimum Gasteiger partial charge on any atom is -0.380 e. The van der Waals surface area contributed by atoms with Crippen LogP contribution in [-0.4, -0.2) is 45.2 Å². The summed E-state index contributed by atoms with van der Waals surface area (Å²) in [5.41, 5.74) is 0.779. The van der Waals surface area contributed by atoms with E-state index in [0.717, 1.165) is 18.7 Å². The molecule has 3 N–H and O–H groups in total. The van der Waals surface area contributed by atoms with Crippen LogP contribution in [-0.2, 0) is 9.53 Å². The molecule has 136 valence electrons. The molecule has 1 rings (SSSR count). The molecule has 0 aliphatic carbocycles. The molecule has 0 saturated heterocycles. The average molecular weight is 448 g/mol. The number of amides is 1. The molecule has 0 aliphatic heterocycles. The molecule has 1 amide bonds. The fourth-order valence-electron chi connectivity index (χ4n) is 1.77. The van der Waals surface area contributed by atoms with Gasteiger partial charge in [0.2, 0.25) is 5.91 Å². The number of para-hydroxylation sites is 1. The first kappa shape index (κ1) is 22.6. The van der Waals surface area contributed by atoms with Crippen LogP contribution in [0.5, 0.6) is 0 Å². The average Bonchev–Trinajstić information content (AvgIpc) is 2.54. The number of aliphatic imine (C=N–C) groups is 1. The Bertz CT molecular complexity index is 481. The van der Waals surface area contributed by atoms with Gasteiger partial charge in [0, 0.05) is 25.9 Å². The van der Waals surface area contributed by atoms with Crippen LogP contribution in [0.15, 0.2) is 35.3 Å². The summed E-state index contributed by atoms with van der Waals surface area (Å²) in [4.78, 5) is 15.9. The minimum absolute atomic E-state index is 0. The molecule has 0 saturated carbocycles. The van der Waals surface area contributed by atoms with Crippen LogP contribution in [0.3, 0.4) is 0 Å². The van der Waals surface area contributed by atoms with E-state index in [2.05, 4.69) is 34.8 Å². The third kappa shape index (κ3) is 11.2. The first-order valence-corrected chi connectivity index (χ1v) is 7.99. The number of hydrogen-bond donors (Lipinski definition) is 3. The van der Waals surface area contributed by atoms with Crippen LogP contribution in [0.25, 0.3) is 0 Å². The van der Waals surface area contributed by atoms with Crippen molar-refractivity contribution in [2.24, 2.45) is 10.9 Å². The third-order valence-corrected chi connectivity index (χ3v) is 3.08. The van der Waals surface area contributed by atoms with Crippen molar-refractivity contribution in [3.8, 4) is 0 Å². The second-order valence-corrected chi connectivity index (χ2v) is 5.56. The van der Waals surface area contributed by atoms with Crippen molar-refractivity contribution in [3.05, 3.63) is 30.3 Å². The lowest BCUT2D eigenvalue weighted by Crippen LogP contribution is -2.42. The van der Waals surface area contributed by atoms with E-state index in [9.17, 15) is 4.79 Å². The Morgan fingerprint density at radius 1 is 1.17 bits per heavy atom. The quantitative estimate of drug-likeness (QED) is 0.235. The fraction of sp³-hybridized carbons (Fsp3) is 0.529. The van der Waals surface area contributed by atoms with E-state index in [-0.39, 0.29) is 36.4 Å². The first-order chi connectivity index (χ1) is 11.1. The zero-order chi connectivity index (χ0) is 16.9. The zero-order valence-electron chi connectivity index (χ0n) is 14.7.